The molecule has 1 fully saturated rings. The van der Waals surface area contributed by atoms with Crippen LogP contribution in [0.2, 0.25) is 0 Å². The molecule has 2 atom stereocenters. The highest BCUT2D eigenvalue weighted by molar-refractivity contribution is 5.95. The topological polar surface area (TPSA) is 54.0 Å². The number of rotatable bonds is 4. The summed E-state index contributed by atoms with van der Waals surface area (Å²) in [5.74, 6) is 1.50. The molecule has 4 nitrogen and oxygen atoms in total. The Morgan fingerprint density at radius 3 is 2.79 bits per heavy atom. The maximum absolute atomic E-state index is 12.3. The van der Waals surface area contributed by atoms with E-state index in [1.165, 1.54) is 6.42 Å². The maximum Gasteiger partial charge on any atom is 0.251 e. The molecule has 1 aromatic rings. The Labute approximate surface area is 115 Å². The molecule has 1 aromatic heterocycles. The van der Waals surface area contributed by atoms with E-state index in [0.29, 0.717) is 11.6 Å². The summed E-state index contributed by atoms with van der Waals surface area (Å²) in [5.41, 5.74) is 1.65. The van der Waals surface area contributed by atoms with E-state index < -0.39 is 0 Å². The molecule has 0 aromatic carbocycles. The highest BCUT2D eigenvalue weighted by atomic mass is 16.1. The molecule has 0 spiro atoms. The first kappa shape index (κ1) is 13.8. The number of aromatic nitrogens is 1. The number of amides is 1. The van der Waals surface area contributed by atoms with Gasteiger partial charge in [0.1, 0.15) is 5.82 Å². The van der Waals surface area contributed by atoms with E-state index in [0.717, 1.165) is 36.7 Å². The summed E-state index contributed by atoms with van der Waals surface area (Å²) < 4.78 is 0. The first-order valence-corrected chi connectivity index (χ1v) is 7.12. The lowest BCUT2D eigenvalue weighted by atomic mass is 10.1. The Bertz CT molecular complexity index is 436. The number of carbonyl (C=O) groups is 1. The van der Waals surface area contributed by atoms with Crippen LogP contribution in [0.15, 0.2) is 12.1 Å². The number of nitrogens with zero attached hydrogens (tertiary/aromatic N) is 1. The van der Waals surface area contributed by atoms with Gasteiger partial charge in [-0.15, -0.1) is 0 Å². The van der Waals surface area contributed by atoms with E-state index in [2.05, 4.69) is 22.5 Å². The fraction of sp³-hybridized carbons (Fsp3) is 0.600. The Balaban J connectivity index is 2.09. The predicted octanol–water partition coefficient (Wildman–Crippen LogP) is 2.60. The lowest BCUT2D eigenvalue weighted by molar-refractivity contribution is 0.0937. The molecule has 104 valence electrons. The van der Waals surface area contributed by atoms with Crippen molar-refractivity contribution < 1.29 is 4.79 Å². The molecule has 1 heterocycles. The second-order valence-corrected chi connectivity index (χ2v) is 5.42. The highest BCUT2D eigenvalue weighted by Gasteiger charge is 2.23. The Hall–Kier alpha value is -1.58. The van der Waals surface area contributed by atoms with Gasteiger partial charge in [-0.25, -0.2) is 4.98 Å². The minimum atomic E-state index is 0.0210. The minimum Gasteiger partial charge on any atom is -0.373 e. The third kappa shape index (κ3) is 3.46. The van der Waals surface area contributed by atoms with E-state index in [1.807, 2.05) is 26.1 Å². The molecule has 0 bridgehead atoms. The van der Waals surface area contributed by atoms with Crippen molar-refractivity contribution in [3.63, 3.8) is 0 Å². The van der Waals surface area contributed by atoms with Crippen LogP contribution in [0.25, 0.3) is 0 Å². The van der Waals surface area contributed by atoms with Crippen molar-refractivity contribution >= 4 is 11.7 Å². The van der Waals surface area contributed by atoms with Gasteiger partial charge in [-0.3, -0.25) is 4.79 Å². The zero-order valence-corrected chi connectivity index (χ0v) is 12.0. The smallest absolute Gasteiger partial charge is 0.251 e. The molecular weight excluding hydrogens is 238 g/mol. The summed E-state index contributed by atoms with van der Waals surface area (Å²) in [7, 11) is 1.82. The molecule has 2 unspecified atom stereocenters. The number of carbonyl (C=O) groups excluding carboxylic acids is 1. The van der Waals surface area contributed by atoms with Gasteiger partial charge in [0.05, 0.1) is 0 Å². The quantitative estimate of drug-likeness (QED) is 0.876. The summed E-state index contributed by atoms with van der Waals surface area (Å²) in [6.45, 7) is 4.29. The normalized spacial score (nSPS) is 22.3. The molecule has 2 rings (SSSR count). The molecule has 2 N–H and O–H groups in total. The fourth-order valence-electron chi connectivity index (χ4n) is 2.63. The van der Waals surface area contributed by atoms with Gasteiger partial charge in [0.2, 0.25) is 0 Å². The molecule has 19 heavy (non-hydrogen) atoms. The zero-order chi connectivity index (χ0) is 13.8. The van der Waals surface area contributed by atoms with Crippen molar-refractivity contribution in [2.24, 2.45) is 5.92 Å². The molecule has 0 aliphatic heterocycles. The summed E-state index contributed by atoms with van der Waals surface area (Å²) >= 11 is 0. The number of hydrogen-bond acceptors (Lipinski definition) is 3. The molecular formula is C15H23N3O. The van der Waals surface area contributed by atoms with Gasteiger partial charge in [-0.05, 0) is 43.7 Å². The van der Waals surface area contributed by atoms with Gasteiger partial charge in [0.25, 0.3) is 5.91 Å². The number of hydrogen-bond donors (Lipinski definition) is 2. The Morgan fingerprint density at radius 1 is 1.42 bits per heavy atom. The van der Waals surface area contributed by atoms with E-state index in [1.54, 1.807) is 0 Å². The Kier molecular flexibility index (Phi) is 4.40. The predicted molar refractivity (Wildman–Crippen MR) is 77.4 cm³/mol. The molecule has 4 heteroatoms. The number of pyridine rings is 1. The van der Waals surface area contributed by atoms with E-state index in [-0.39, 0.29) is 5.91 Å². The number of anilines is 1. The second kappa shape index (κ2) is 6.04. The van der Waals surface area contributed by atoms with Crippen molar-refractivity contribution in [3.8, 4) is 0 Å². The van der Waals surface area contributed by atoms with Gasteiger partial charge in [0.15, 0.2) is 0 Å². The first-order valence-electron chi connectivity index (χ1n) is 7.12. The summed E-state index contributed by atoms with van der Waals surface area (Å²) in [6, 6.07) is 4.03. The van der Waals surface area contributed by atoms with Crippen molar-refractivity contribution in [1.29, 1.82) is 0 Å². The van der Waals surface area contributed by atoms with Crippen LogP contribution in [-0.4, -0.2) is 24.0 Å². The van der Waals surface area contributed by atoms with Gasteiger partial charge >= 0.3 is 0 Å². The molecule has 0 saturated heterocycles. The van der Waals surface area contributed by atoms with E-state index in [4.69, 9.17) is 0 Å². The van der Waals surface area contributed by atoms with E-state index >= 15 is 0 Å². The minimum absolute atomic E-state index is 0.0210. The number of nitrogens with one attached hydrogen (secondary N) is 2. The van der Waals surface area contributed by atoms with Gasteiger partial charge in [-0.2, -0.15) is 0 Å². The highest BCUT2D eigenvalue weighted by Crippen LogP contribution is 2.25. The van der Waals surface area contributed by atoms with Crippen LogP contribution in [0.3, 0.4) is 0 Å². The third-order valence-electron chi connectivity index (χ3n) is 3.79. The lowest BCUT2D eigenvalue weighted by Crippen LogP contribution is -2.33. The zero-order valence-electron chi connectivity index (χ0n) is 12.0. The monoisotopic (exact) mass is 261 g/mol. The van der Waals surface area contributed by atoms with Gasteiger partial charge in [0, 0.05) is 24.3 Å². The van der Waals surface area contributed by atoms with Gasteiger partial charge in [-0.1, -0.05) is 13.8 Å². The molecule has 1 aliphatic rings. The van der Waals surface area contributed by atoms with Crippen molar-refractivity contribution in [2.75, 3.05) is 12.4 Å². The van der Waals surface area contributed by atoms with Crippen molar-refractivity contribution in [2.45, 2.75) is 45.6 Å². The molecule has 1 aliphatic carbocycles. The largest absolute Gasteiger partial charge is 0.373 e. The van der Waals surface area contributed by atoms with Crippen LogP contribution in [-0.2, 0) is 6.42 Å². The SMILES string of the molecule is CCc1cc(C(=O)NC2CCC(C)C2)cc(NC)n1. The maximum atomic E-state index is 12.3. The molecule has 1 saturated carbocycles. The Morgan fingerprint density at radius 2 is 2.21 bits per heavy atom. The van der Waals surface area contributed by atoms with Crippen LogP contribution in [0.5, 0.6) is 0 Å². The van der Waals surface area contributed by atoms with Crippen LogP contribution in [0.1, 0.15) is 49.2 Å². The standard InChI is InChI=1S/C15H23N3O/c1-4-12-8-11(9-14(16-3)17-12)15(19)18-13-6-5-10(2)7-13/h8-10,13H,4-7H2,1-3H3,(H,16,17)(H,18,19). The molecule has 1 amide bonds. The molecule has 0 radical (unpaired) electrons. The summed E-state index contributed by atoms with van der Waals surface area (Å²) in [5, 5.41) is 6.14. The van der Waals surface area contributed by atoms with Crippen molar-refractivity contribution in [1.82, 2.24) is 10.3 Å². The lowest BCUT2D eigenvalue weighted by Gasteiger charge is -2.13. The average molecular weight is 261 g/mol. The summed E-state index contributed by atoms with van der Waals surface area (Å²) in [6.07, 6.45) is 4.23. The number of aryl methyl sites for hydroxylation is 1. The second-order valence-electron chi connectivity index (χ2n) is 5.42. The van der Waals surface area contributed by atoms with Crippen LogP contribution in [0, 0.1) is 5.92 Å². The van der Waals surface area contributed by atoms with E-state index in [9.17, 15) is 4.79 Å². The first-order chi connectivity index (χ1) is 9.12. The van der Waals surface area contributed by atoms with Gasteiger partial charge < -0.3 is 10.6 Å². The van der Waals surface area contributed by atoms with Crippen molar-refractivity contribution in [3.05, 3.63) is 23.4 Å². The average Bonchev–Trinajstić information content (AvgIpc) is 2.83. The summed E-state index contributed by atoms with van der Waals surface area (Å²) in [4.78, 5) is 16.7. The van der Waals surface area contributed by atoms with Crippen LogP contribution in [0.4, 0.5) is 5.82 Å². The van der Waals surface area contributed by atoms with Crippen LogP contribution < -0.4 is 10.6 Å². The third-order valence-corrected chi connectivity index (χ3v) is 3.79. The fourth-order valence-corrected chi connectivity index (χ4v) is 2.63. The van der Waals surface area contributed by atoms with Crippen LogP contribution >= 0.6 is 0 Å².